The van der Waals surface area contributed by atoms with Gasteiger partial charge in [-0.25, -0.2) is 4.90 Å². The number of carbonyl (C=O) groups excluding carboxylic acids is 3. The van der Waals surface area contributed by atoms with Gasteiger partial charge in [0, 0.05) is 19.9 Å². The maximum absolute atomic E-state index is 11.9. The van der Waals surface area contributed by atoms with Crippen LogP contribution < -0.4 is 10.2 Å². The van der Waals surface area contributed by atoms with Crippen molar-refractivity contribution in [3.05, 3.63) is 29.3 Å². The lowest BCUT2D eigenvalue weighted by atomic mass is 9.98. The van der Waals surface area contributed by atoms with Crippen LogP contribution in [-0.4, -0.2) is 24.6 Å². The molecule has 0 spiro atoms. The largest absolute Gasteiger partial charge is 0.316 e. The molecular weight excluding hydrogens is 244 g/mol. The number of amides is 2. The highest BCUT2D eigenvalue weighted by molar-refractivity contribution is 6.45. The van der Waals surface area contributed by atoms with E-state index in [-0.39, 0.29) is 12.3 Å². The normalized spacial score (nSPS) is 14.2. The lowest BCUT2D eigenvalue weighted by molar-refractivity contribution is -0.137. The summed E-state index contributed by atoms with van der Waals surface area (Å²) in [5.41, 5.74) is 2.56. The third-order valence-electron chi connectivity index (χ3n) is 3.13. The van der Waals surface area contributed by atoms with Gasteiger partial charge in [0.15, 0.2) is 0 Å². The van der Waals surface area contributed by atoms with Gasteiger partial charge in [-0.1, -0.05) is 12.1 Å². The number of carbonyl (C=O) groups is 3. The Bertz CT molecular complexity index is 552. The molecule has 0 saturated heterocycles. The lowest BCUT2D eigenvalue weighted by Gasteiger charge is -2.27. The van der Waals surface area contributed by atoms with Gasteiger partial charge in [-0.2, -0.15) is 0 Å². The van der Waals surface area contributed by atoms with Crippen LogP contribution in [0, 0.1) is 0 Å². The van der Waals surface area contributed by atoms with Crippen molar-refractivity contribution in [2.45, 2.75) is 26.3 Å². The van der Waals surface area contributed by atoms with E-state index in [4.69, 9.17) is 0 Å². The fourth-order valence-corrected chi connectivity index (χ4v) is 2.24. The van der Waals surface area contributed by atoms with Crippen LogP contribution in [0.3, 0.4) is 0 Å². The number of rotatable bonds is 3. The summed E-state index contributed by atoms with van der Waals surface area (Å²) in [4.78, 5) is 35.9. The van der Waals surface area contributed by atoms with Crippen molar-refractivity contribution in [3.63, 3.8) is 0 Å². The second kappa shape index (κ2) is 5.32. The number of nitrogens with one attached hydrogen (secondary N) is 1. The van der Waals surface area contributed by atoms with Crippen molar-refractivity contribution in [2.75, 3.05) is 11.9 Å². The lowest BCUT2D eigenvalue weighted by Crippen LogP contribution is -2.43. The van der Waals surface area contributed by atoms with Gasteiger partial charge < -0.3 is 5.32 Å². The molecule has 1 aliphatic rings. The molecule has 0 aromatic heterocycles. The molecule has 1 aromatic rings. The number of fused-ring (bicyclic) bond motifs is 1. The molecule has 1 heterocycles. The molecule has 0 fully saturated rings. The number of nitrogens with zero attached hydrogens (tertiary/aromatic N) is 1. The molecule has 5 nitrogen and oxygen atoms in total. The Kier molecular flexibility index (Phi) is 3.76. The minimum atomic E-state index is -0.757. The van der Waals surface area contributed by atoms with Crippen LogP contribution in [0.15, 0.2) is 18.2 Å². The predicted molar refractivity (Wildman–Crippen MR) is 70.7 cm³/mol. The molecule has 1 N–H and O–H groups in total. The SMILES string of the molecule is CNCc1ccc2c(c1)CCC(=O)N2C(=O)C(C)=O. The van der Waals surface area contributed by atoms with Crippen LogP contribution in [0.4, 0.5) is 5.69 Å². The van der Waals surface area contributed by atoms with E-state index in [1.54, 1.807) is 6.07 Å². The van der Waals surface area contributed by atoms with Gasteiger partial charge in [0.05, 0.1) is 5.69 Å². The van der Waals surface area contributed by atoms with Crippen LogP contribution in [-0.2, 0) is 27.3 Å². The molecule has 19 heavy (non-hydrogen) atoms. The van der Waals surface area contributed by atoms with Gasteiger partial charge >= 0.3 is 5.91 Å². The van der Waals surface area contributed by atoms with E-state index in [9.17, 15) is 14.4 Å². The molecule has 0 saturated carbocycles. The number of hydrogen-bond donors (Lipinski definition) is 1. The maximum Gasteiger partial charge on any atom is 0.300 e. The number of aryl methyl sites for hydroxylation is 1. The summed E-state index contributed by atoms with van der Waals surface area (Å²) in [6.07, 6.45) is 0.864. The molecule has 0 aliphatic carbocycles. The number of ketones is 1. The first kappa shape index (κ1) is 13.4. The molecule has 2 amide bonds. The van der Waals surface area contributed by atoms with E-state index in [0.717, 1.165) is 22.6 Å². The van der Waals surface area contributed by atoms with Crippen molar-refractivity contribution in [3.8, 4) is 0 Å². The van der Waals surface area contributed by atoms with Crippen LogP contribution in [0.5, 0.6) is 0 Å². The highest BCUT2D eigenvalue weighted by Crippen LogP contribution is 2.29. The zero-order chi connectivity index (χ0) is 14.0. The van der Waals surface area contributed by atoms with Gasteiger partial charge in [-0.15, -0.1) is 0 Å². The van der Waals surface area contributed by atoms with E-state index in [2.05, 4.69) is 5.32 Å². The van der Waals surface area contributed by atoms with Crippen LogP contribution in [0.25, 0.3) is 0 Å². The van der Waals surface area contributed by atoms with Crippen LogP contribution in [0.2, 0.25) is 0 Å². The summed E-state index contributed by atoms with van der Waals surface area (Å²) in [6.45, 7) is 1.90. The third kappa shape index (κ3) is 2.56. The molecule has 2 rings (SSSR count). The first-order valence-corrected chi connectivity index (χ1v) is 6.19. The minimum Gasteiger partial charge on any atom is -0.316 e. The van der Waals surface area contributed by atoms with Gasteiger partial charge in [-0.3, -0.25) is 14.4 Å². The Morgan fingerprint density at radius 2 is 2.05 bits per heavy atom. The van der Waals surface area contributed by atoms with Crippen molar-refractivity contribution < 1.29 is 14.4 Å². The fourth-order valence-electron chi connectivity index (χ4n) is 2.24. The predicted octanol–water partition coefficient (Wildman–Crippen LogP) is 0.801. The van der Waals surface area contributed by atoms with E-state index < -0.39 is 11.7 Å². The number of imide groups is 1. The summed E-state index contributed by atoms with van der Waals surface area (Å²) in [5.74, 6) is -1.69. The van der Waals surface area contributed by atoms with Gasteiger partial charge in [0.25, 0.3) is 0 Å². The number of anilines is 1. The van der Waals surface area contributed by atoms with Gasteiger partial charge in [-0.05, 0) is 30.7 Å². The summed E-state index contributed by atoms with van der Waals surface area (Å²) in [5, 5.41) is 3.05. The molecule has 1 aliphatic heterocycles. The molecule has 0 unspecified atom stereocenters. The van der Waals surface area contributed by atoms with Crippen molar-refractivity contribution >= 4 is 23.3 Å². The fraction of sp³-hybridized carbons (Fsp3) is 0.357. The summed E-state index contributed by atoms with van der Waals surface area (Å²) < 4.78 is 0. The maximum atomic E-state index is 11.9. The van der Waals surface area contributed by atoms with E-state index in [1.807, 2.05) is 19.2 Å². The summed E-state index contributed by atoms with van der Waals surface area (Å²) in [6, 6.07) is 5.56. The van der Waals surface area contributed by atoms with E-state index in [1.165, 1.54) is 6.92 Å². The monoisotopic (exact) mass is 260 g/mol. The van der Waals surface area contributed by atoms with Crippen LogP contribution >= 0.6 is 0 Å². The topological polar surface area (TPSA) is 66.5 Å². The smallest absolute Gasteiger partial charge is 0.300 e. The molecule has 1 aromatic carbocycles. The summed E-state index contributed by atoms with van der Waals surface area (Å²) >= 11 is 0. The third-order valence-corrected chi connectivity index (χ3v) is 3.13. The Morgan fingerprint density at radius 1 is 1.32 bits per heavy atom. The highest BCUT2D eigenvalue weighted by atomic mass is 16.2. The van der Waals surface area contributed by atoms with E-state index >= 15 is 0 Å². The first-order chi connectivity index (χ1) is 9.04. The average molecular weight is 260 g/mol. The van der Waals surface area contributed by atoms with E-state index in [0.29, 0.717) is 12.1 Å². The number of Topliss-reactive ketones (excluding diaryl/α,β-unsaturated/α-hetero) is 1. The molecule has 0 atom stereocenters. The minimum absolute atomic E-state index is 0.259. The number of hydrogen-bond acceptors (Lipinski definition) is 4. The van der Waals surface area contributed by atoms with Gasteiger partial charge in [0.1, 0.15) is 0 Å². The zero-order valence-electron chi connectivity index (χ0n) is 11.0. The molecule has 100 valence electrons. The van der Waals surface area contributed by atoms with Crippen molar-refractivity contribution in [1.29, 1.82) is 0 Å². The standard InChI is InChI=1S/C14H16N2O3/c1-9(17)14(19)16-12-5-3-10(8-15-2)7-11(12)4-6-13(16)18/h3,5,7,15H,4,6,8H2,1-2H3. The van der Waals surface area contributed by atoms with Gasteiger partial charge in [0.2, 0.25) is 11.7 Å². The Balaban J connectivity index is 2.42. The first-order valence-electron chi connectivity index (χ1n) is 6.19. The molecule has 0 radical (unpaired) electrons. The number of benzene rings is 1. The van der Waals surface area contributed by atoms with Crippen LogP contribution in [0.1, 0.15) is 24.5 Å². The molecule has 5 heteroatoms. The highest BCUT2D eigenvalue weighted by Gasteiger charge is 2.31. The molecule has 0 bridgehead atoms. The zero-order valence-corrected chi connectivity index (χ0v) is 11.0. The summed E-state index contributed by atoms with van der Waals surface area (Å²) in [7, 11) is 1.86. The van der Waals surface area contributed by atoms with Crippen molar-refractivity contribution in [1.82, 2.24) is 5.32 Å². The van der Waals surface area contributed by atoms with Crippen molar-refractivity contribution in [2.24, 2.45) is 0 Å². The second-order valence-electron chi connectivity index (χ2n) is 4.58. The Labute approximate surface area is 111 Å². The quantitative estimate of drug-likeness (QED) is 0.816. The average Bonchev–Trinajstić information content (AvgIpc) is 2.38. The Morgan fingerprint density at radius 3 is 2.68 bits per heavy atom. The molecular formula is C14H16N2O3. The Hall–Kier alpha value is -2.01. The second-order valence-corrected chi connectivity index (χ2v) is 4.58.